The first kappa shape index (κ1) is 17.3. The van der Waals surface area contributed by atoms with Crippen LogP contribution >= 0.6 is 0 Å². The van der Waals surface area contributed by atoms with E-state index in [1.165, 1.54) is 17.7 Å². The first-order valence-corrected chi connectivity index (χ1v) is 8.20. The Balaban J connectivity index is 1.70. The third kappa shape index (κ3) is 4.51. The zero-order valence-electron chi connectivity index (χ0n) is 14.4. The van der Waals surface area contributed by atoms with E-state index in [4.69, 9.17) is 0 Å². The smallest absolute Gasteiger partial charge is 0.269 e. The molecule has 0 saturated carbocycles. The summed E-state index contributed by atoms with van der Waals surface area (Å²) < 4.78 is 2.11. The molecular weight excluding hydrogens is 328 g/mol. The third-order valence-corrected chi connectivity index (χ3v) is 3.91. The number of anilines is 1. The predicted molar refractivity (Wildman–Crippen MR) is 101 cm³/mol. The van der Waals surface area contributed by atoms with Crippen molar-refractivity contribution < 1.29 is 9.49 Å². The fourth-order valence-electron chi connectivity index (χ4n) is 2.50. The van der Waals surface area contributed by atoms with Gasteiger partial charge in [0.25, 0.3) is 5.69 Å². The Morgan fingerprint density at radius 1 is 1.08 bits per heavy atom. The van der Waals surface area contributed by atoms with Gasteiger partial charge in [-0.25, -0.2) is 4.57 Å². The molecule has 3 aromatic rings. The number of nitrogens with zero attached hydrogens (tertiary/aromatic N) is 3. The Bertz CT molecular complexity index is 922. The minimum atomic E-state index is -0.423. The van der Waals surface area contributed by atoms with Crippen molar-refractivity contribution in [1.29, 1.82) is 0 Å². The van der Waals surface area contributed by atoms with Crippen LogP contribution in [0.2, 0.25) is 0 Å². The second-order valence-corrected chi connectivity index (χ2v) is 5.86. The molecule has 0 spiro atoms. The van der Waals surface area contributed by atoms with Gasteiger partial charge in [-0.05, 0) is 25.1 Å². The molecule has 0 aliphatic heterocycles. The molecule has 1 aromatic heterocycles. The van der Waals surface area contributed by atoms with Crippen LogP contribution in [0.15, 0.2) is 84.2 Å². The highest BCUT2D eigenvalue weighted by molar-refractivity contribution is 5.98. The molecular formula is C20H19N4O2+. The standard InChI is InChI=1S/C20H19N4O2/c1-16(21-22-19-9-11-20(12-10-19)24(25)26)18-8-5-13-23(15-18)14-17-6-3-2-4-7-17/h2-13,15,22H,14H2,1H3/q+1. The lowest BCUT2D eigenvalue weighted by Gasteiger charge is -2.04. The van der Waals surface area contributed by atoms with Crippen LogP contribution in [0.3, 0.4) is 0 Å². The Labute approximate surface area is 151 Å². The minimum Gasteiger partial charge on any atom is -0.278 e. The van der Waals surface area contributed by atoms with Crippen LogP contribution in [0.25, 0.3) is 0 Å². The van der Waals surface area contributed by atoms with Gasteiger partial charge < -0.3 is 0 Å². The van der Waals surface area contributed by atoms with Gasteiger partial charge in [-0.15, -0.1) is 0 Å². The molecule has 6 nitrogen and oxygen atoms in total. The third-order valence-electron chi connectivity index (χ3n) is 3.91. The molecule has 1 heterocycles. The fourth-order valence-corrected chi connectivity index (χ4v) is 2.50. The van der Waals surface area contributed by atoms with Crippen LogP contribution in [-0.4, -0.2) is 10.6 Å². The summed E-state index contributed by atoms with van der Waals surface area (Å²) in [6.07, 6.45) is 4.07. The molecule has 0 bridgehead atoms. The quantitative estimate of drug-likeness (QED) is 0.319. The zero-order valence-corrected chi connectivity index (χ0v) is 14.4. The van der Waals surface area contributed by atoms with Gasteiger partial charge in [0.2, 0.25) is 0 Å². The molecule has 0 amide bonds. The van der Waals surface area contributed by atoms with Gasteiger partial charge in [-0.2, -0.15) is 5.10 Å². The summed E-state index contributed by atoms with van der Waals surface area (Å²) in [5, 5.41) is 15.1. The molecule has 0 unspecified atom stereocenters. The van der Waals surface area contributed by atoms with Crippen molar-refractivity contribution in [3.05, 3.63) is 100 Å². The Hall–Kier alpha value is -3.54. The summed E-state index contributed by atoms with van der Waals surface area (Å²) in [6.45, 7) is 2.71. The highest BCUT2D eigenvalue weighted by Gasteiger charge is 2.07. The van der Waals surface area contributed by atoms with Crippen molar-refractivity contribution in [2.24, 2.45) is 5.10 Å². The van der Waals surface area contributed by atoms with E-state index in [0.29, 0.717) is 5.69 Å². The number of hydrogen-bond acceptors (Lipinski definition) is 4. The number of nitrogens with one attached hydrogen (secondary N) is 1. The highest BCUT2D eigenvalue weighted by Crippen LogP contribution is 2.15. The number of pyridine rings is 1. The average molecular weight is 347 g/mol. The van der Waals surface area contributed by atoms with Gasteiger partial charge in [-0.1, -0.05) is 30.3 Å². The van der Waals surface area contributed by atoms with Crippen LogP contribution in [0.4, 0.5) is 11.4 Å². The SMILES string of the molecule is CC(=NNc1ccc([N+](=O)[O-])cc1)c1ccc[n+](Cc2ccccc2)c1. The van der Waals surface area contributed by atoms with E-state index < -0.39 is 4.92 Å². The van der Waals surface area contributed by atoms with Crippen molar-refractivity contribution in [3.8, 4) is 0 Å². The topological polar surface area (TPSA) is 71.4 Å². The zero-order chi connectivity index (χ0) is 18.4. The lowest BCUT2D eigenvalue weighted by atomic mass is 10.2. The summed E-state index contributed by atoms with van der Waals surface area (Å²) in [5.41, 5.74) is 6.74. The van der Waals surface area contributed by atoms with E-state index in [1.807, 2.05) is 49.6 Å². The molecule has 0 aliphatic carbocycles. The number of hydrogen-bond donors (Lipinski definition) is 1. The maximum absolute atomic E-state index is 10.7. The Morgan fingerprint density at radius 3 is 2.50 bits per heavy atom. The molecule has 0 aliphatic rings. The van der Waals surface area contributed by atoms with E-state index in [9.17, 15) is 10.1 Å². The Morgan fingerprint density at radius 2 is 1.81 bits per heavy atom. The highest BCUT2D eigenvalue weighted by atomic mass is 16.6. The van der Waals surface area contributed by atoms with Crippen LogP contribution in [0, 0.1) is 10.1 Å². The lowest BCUT2D eigenvalue weighted by Crippen LogP contribution is -2.34. The van der Waals surface area contributed by atoms with E-state index in [2.05, 4.69) is 27.2 Å². The second-order valence-electron chi connectivity index (χ2n) is 5.86. The molecule has 0 atom stereocenters. The number of nitro groups is 1. The first-order valence-electron chi connectivity index (χ1n) is 8.20. The maximum atomic E-state index is 10.7. The molecule has 0 fully saturated rings. The number of rotatable bonds is 6. The van der Waals surface area contributed by atoms with E-state index in [1.54, 1.807) is 12.1 Å². The summed E-state index contributed by atoms with van der Waals surface area (Å²) in [6, 6.07) is 20.4. The number of benzene rings is 2. The summed E-state index contributed by atoms with van der Waals surface area (Å²) in [5.74, 6) is 0. The van der Waals surface area contributed by atoms with E-state index >= 15 is 0 Å². The first-order chi connectivity index (χ1) is 12.6. The van der Waals surface area contributed by atoms with Crippen molar-refractivity contribution in [2.75, 3.05) is 5.43 Å². The molecule has 1 N–H and O–H groups in total. The average Bonchev–Trinajstić information content (AvgIpc) is 2.67. The number of hydrazone groups is 1. The molecule has 0 saturated heterocycles. The molecule has 130 valence electrons. The van der Waals surface area contributed by atoms with Gasteiger partial charge in [0.1, 0.15) is 0 Å². The van der Waals surface area contributed by atoms with Crippen LogP contribution < -0.4 is 9.99 Å². The monoisotopic (exact) mass is 347 g/mol. The van der Waals surface area contributed by atoms with Gasteiger partial charge in [-0.3, -0.25) is 15.5 Å². The normalized spacial score (nSPS) is 11.2. The number of aromatic nitrogens is 1. The molecule has 26 heavy (non-hydrogen) atoms. The predicted octanol–water partition coefficient (Wildman–Crippen LogP) is 3.77. The molecule has 0 radical (unpaired) electrons. The second kappa shape index (κ2) is 8.02. The van der Waals surface area contributed by atoms with Crippen molar-refractivity contribution >= 4 is 17.1 Å². The molecule has 3 rings (SSSR count). The number of nitro benzene ring substituents is 1. The van der Waals surface area contributed by atoms with E-state index in [-0.39, 0.29) is 5.69 Å². The van der Waals surface area contributed by atoms with Crippen LogP contribution in [0.5, 0.6) is 0 Å². The van der Waals surface area contributed by atoms with E-state index in [0.717, 1.165) is 17.8 Å². The largest absolute Gasteiger partial charge is 0.278 e. The summed E-state index contributed by atoms with van der Waals surface area (Å²) >= 11 is 0. The molecule has 6 heteroatoms. The van der Waals surface area contributed by atoms with Crippen molar-refractivity contribution in [1.82, 2.24) is 0 Å². The Kier molecular flexibility index (Phi) is 5.34. The van der Waals surface area contributed by atoms with Crippen molar-refractivity contribution in [3.63, 3.8) is 0 Å². The summed E-state index contributed by atoms with van der Waals surface area (Å²) in [4.78, 5) is 10.3. The van der Waals surface area contributed by atoms with Crippen LogP contribution in [-0.2, 0) is 6.54 Å². The van der Waals surface area contributed by atoms with Gasteiger partial charge in [0, 0.05) is 23.8 Å². The number of non-ortho nitro benzene ring substituents is 1. The summed E-state index contributed by atoms with van der Waals surface area (Å²) in [7, 11) is 0. The van der Waals surface area contributed by atoms with Crippen molar-refractivity contribution in [2.45, 2.75) is 13.5 Å². The lowest BCUT2D eigenvalue weighted by molar-refractivity contribution is -0.688. The van der Waals surface area contributed by atoms with Crippen LogP contribution in [0.1, 0.15) is 18.1 Å². The minimum absolute atomic E-state index is 0.0567. The van der Waals surface area contributed by atoms with Gasteiger partial charge in [0.05, 0.1) is 21.9 Å². The molecule has 2 aromatic carbocycles. The van der Waals surface area contributed by atoms with Gasteiger partial charge >= 0.3 is 0 Å². The van der Waals surface area contributed by atoms with Gasteiger partial charge in [0.15, 0.2) is 18.9 Å². The maximum Gasteiger partial charge on any atom is 0.269 e. The fraction of sp³-hybridized carbons (Fsp3) is 0.100.